The van der Waals surface area contributed by atoms with Gasteiger partial charge < -0.3 is 33.8 Å². The van der Waals surface area contributed by atoms with Crippen molar-refractivity contribution in [3.63, 3.8) is 0 Å². The van der Waals surface area contributed by atoms with Crippen molar-refractivity contribution >= 4 is 39.5 Å². The third-order valence-electron chi connectivity index (χ3n) is 17.3. The molecular weight excluding hydrogens is 1260 g/mol. The molecule has 0 aliphatic heterocycles. The number of hydrogen-bond donors (Lipinski definition) is 3. The molecule has 17 nitrogen and oxygen atoms in total. The first kappa shape index (κ1) is 93.5. The Balaban J connectivity index is 5.28. The van der Waals surface area contributed by atoms with E-state index in [2.05, 4.69) is 72.8 Å². The van der Waals surface area contributed by atoms with Crippen LogP contribution < -0.4 is 0 Å². The Morgan fingerprint density at radius 1 is 0.323 bits per heavy atom. The lowest BCUT2D eigenvalue weighted by Gasteiger charge is -2.21. The summed E-state index contributed by atoms with van der Waals surface area (Å²) in [5.41, 5.74) is 0. The fraction of sp³-hybridized carbons (Fsp3) is 0.896. The van der Waals surface area contributed by atoms with Crippen molar-refractivity contribution < 1.29 is 80.2 Å². The van der Waals surface area contributed by atoms with Crippen molar-refractivity contribution in [2.24, 2.45) is 17.8 Å². The summed E-state index contributed by atoms with van der Waals surface area (Å²) in [6.45, 7) is 11.8. The number of esters is 4. The third-order valence-corrected chi connectivity index (χ3v) is 19.2. The van der Waals surface area contributed by atoms with Crippen LogP contribution in [0.5, 0.6) is 0 Å². The van der Waals surface area contributed by atoms with Crippen LogP contribution in [-0.4, -0.2) is 96.7 Å². The maximum absolute atomic E-state index is 13.1. The van der Waals surface area contributed by atoms with Crippen LogP contribution in [-0.2, 0) is 65.4 Å². The van der Waals surface area contributed by atoms with Crippen LogP contribution >= 0.6 is 15.6 Å². The molecule has 0 aromatic heterocycles. The number of phosphoric ester groups is 2. The molecule has 0 aliphatic rings. The molecule has 0 aromatic rings. The van der Waals surface area contributed by atoms with E-state index in [0.717, 1.165) is 120 Å². The van der Waals surface area contributed by atoms with Crippen molar-refractivity contribution in [3.8, 4) is 0 Å². The first-order chi connectivity index (χ1) is 46.2. The summed E-state index contributed by atoms with van der Waals surface area (Å²) in [5, 5.41) is 10.6. The molecule has 5 atom stereocenters. The van der Waals surface area contributed by atoms with Gasteiger partial charge in [-0.15, -0.1) is 0 Å². The van der Waals surface area contributed by atoms with Gasteiger partial charge in [-0.25, -0.2) is 9.13 Å². The Bertz CT molecular complexity index is 1960. The summed E-state index contributed by atoms with van der Waals surface area (Å²) >= 11 is 0. The number of ether oxygens (including phenoxy) is 4. The molecule has 0 radical (unpaired) electrons. The molecule has 566 valence electrons. The lowest BCUT2D eigenvalue weighted by molar-refractivity contribution is -0.161. The fourth-order valence-electron chi connectivity index (χ4n) is 11.2. The molecule has 0 spiro atoms. The average Bonchev–Trinajstić information content (AvgIpc) is 2.65. The molecule has 0 rings (SSSR count). The summed E-state index contributed by atoms with van der Waals surface area (Å²) in [6.07, 6.45) is 56.4. The van der Waals surface area contributed by atoms with Gasteiger partial charge >= 0.3 is 39.5 Å². The molecular formula is C77H146O17P2. The Morgan fingerprint density at radius 2 is 0.562 bits per heavy atom. The first-order valence-electron chi connectivity index (χ1n) is 39.2. The van der Waals surface area contributed by atoms with Crippen LogP contribution in [0.15, 0.2) is 24.3 Å². The van der Waals surface area contributed by atoms with E-state index in [-0.39, 0.29) is 25.7 Å². The zero-order chi connectivity index (χ0) is 70.9. The first-order valence-corrected chi connectivity index (χ1v) is 42.2. The topological polar surface area (TPSA) is 237 Å². The smallest absolute Gasteiger partial charge is 0.462 e. The molecule has 3 unspecified atom stereocenters. The molecule has 0 saturated heterocycles. The van der Waals surface area contributed by atoms with Crippen LogP contribution in [0.3, 0.4) is 0 Å². The zero-order valence-corrected chi connectivity index (χ0v) is 64.1. The third kappa shape index (κ3) is 70.0. The molecule has 0 fully saturated rings. The summed E-state index contributed by atoms with van der Waals surface area (Å²) in [6, 6.07) is 0. The Hall–Kier alpha value is -2.46. The molecule has 0 aliphatic carbocycles. The summed E-state index contributed by atoms with van der Waals surface area (Å²) < 4.78 is 68.5. The molecule has 0 bridgehead atoms. The number of carbonyl (C=O) groups excluding carboxylic acids is 4. The van der Waals surface area contributed by atoms with Gasteiger partial charge in [0.05, 0.1) is 26.4 Å². The second-order valence-electron chi connectivity index (χ2n) is 28.5. The molecule has 0 heterocycles. The van der Waals surface area contributed by atoms with E-state index < -0.39 is 97.5 Å². The van der Waals surface area contributed by atoms with Gasteiger partial charge in [0.25, 0.3) is 0 Å². The lowest BCUT2D eigenvalue weighted by atomic mass is 10.0. The van der Waals surface area contributed by atoms with Gasteiger partial charge in [-0.1, -0.05) is 317 Å². The van der Waals surface area contributed by atoms with Gasteiger partial charge in [0.1, 0.15) is 19.3 Å². The number of aliphatic hydroxyl groups is 1. The summed E-state index contributed by atoms with van der Waals surface area (Å²) in [4.78, 5) is 72.8. The number of rotatable bonds is 73. The largest absolute Gasteiger partial charge is 0.472 e. The number of unbranched alkanes of at least 4 members (excludes halogenated alkanes) is 38. The van der Waals surface area contributed by atoms with E-state index in [1.165, 1.54) is 167 Å². The Kier molecular flexibility index (Phi) is 65.3. The Morgan fingerprint density at radius 3 is 0.844 bits per heavy atom. The predicted molar refractivity (Wildman–Crippen MR) is 390 cm³/mol. The van der Waals surface area contributed by atoms with Gasteiger partial charge in [-0.05, 0) is 69.1 Å². The molecule has 0 amide bonds. The standard InChI is InChI=1S/C77H146O17P2/c1-8-9-10-11-12-13-14-15-17-22-25-30-39-46-53-60-76(81)93-72(64-87-74(79)58-51-44-37-29-24-21-19-16-18-20-23-27-34-41-48-55-68(2)3)66-91-95(83,84)89-62-71(78)63-90-96(85,86)92-67-73(65-88-75(80)59-52-45-38-33-32-36-43-50-57-70(6)7)94-77(82)61-54-47-40-31-26-28-35-42-49-56-69(4)5/h13-15,17,68-73,78H,8-12,16,18-67H2,1-7H3,(H,83,84)(H,85,86)/b14-13-,17-15-/t71?,72-,73-/m1/s1. The van der Waals surface area contributed by atoms with E-state index in [1.54, 1.807) is 0 Å². The van der Waals surface area contributed by atoms with E-state index in [4.69, 9.17) is 37.0 Å². The number of aliphatic hydroxyl groups excluding tert-OH is 1. The molecule has 0 aromatic carbocycles. The van der Waals surface area contributed by atoms with Crippen molar-refractivity contribution in [1.82, 2.24) is 0 Å². The SMILES string of the molecule is CCCCCC/C=C\C=C/CCCCCCCC(=O)O[C@H](COC(=O)CCCCCCCCCCCCCCCCCC(C)C)COP(=O)(O)OCC(O)COP(=O)(O)OC[C@@H](COC(=O)CCCCCCCCCCC(C)C)OC(=O)CCCCCCCCCCCC(C)C. The highest BCUT2D eigenvalue weighted by Gasteiger charge is 2.30. The van der Waals surface area contributed by atoms with Gasteiger partial charge in [0.2, 0.25) is 0 Å². The number of hydrogen-bond acceptors (Lipinski definition) is 15. The summed E-state index contributed by atoms with van der Waals surface area (Å²) in [5.74, 6) is 0.116. The molecule has 3 N–H and O–H groups in total. The fourth-order valence-corrected chi connectivity index (χ4v) is 12.8. The van der Waals surface area contributed by atoms with Crippen LogP contribution in [0.4, 0.5) is 0 Å². The van der Waals surface area contributed by atoms with Crippen molar-refractivity contribution in [3.05, 3.63) is 24.3 Å². The van der Waals surface area contributed by atoms with E-state index in [1.807, 2.05) is 0 Å². The van der Waals surface area contributed by atoms with Crippen molar-refractivity contribution in [1.29, 1.82) is 0 Å². The monoisotopic (exact) mass is 1410 g/mol. The minimum atomic E-state index is -4.97. The van der Waals surface area contributed by atoms with Gasteiger partial charge in [-0.2, -0.15) is 0 Å². The number of phosphoric acid groups is 2. The van der Waals surface area contributed by atoms with Gasteiger partial charge in [-0.3, -0.25) is 37.3 Å². The highest BCUT2D eigenvalue weighted by Crippen LogP contribution is 2.45. The highest BCUT2D eigenvalue weighted by molar-refractivity contribution is 7.47. The van der Waals surface area contributed by atoms with E-state index >= 15 is 0 Å². The van der Waals surface area contributed by atoms with E-state index in [9.17, 15) is 43.2 Å². The Labute approximate surface area is 586 Å². The van der Waals surface area contributed by atoms with Crippen LogP contribution in [0, 0.1) is 17.8 Å². The maximum atomic E-state index is 13.1. The van der Waals surface area contributed by atoms with Crippen LogP contribution in [0.1, 0.15) is 370 Å². The quantitative estimate of drug-likeness (QED) is 0.0169. The zero-order valence-electron chi connectivity index (χ0n) is 62.3. The maximum Gasteiger partial charge on any atom is 0.472 e. The number of allylic oxidation sites excluding steroid dienone is 4. The molecule has 0 saturated carbocycles. The molecule has 19 heteroatoms. The van der Waals surface area contributed by atoms with E-state index in [0.29, 0.717) is 25.7 Å². The van der Waals surface area contributed by atoms with Crippen LogP contribution in [0.2, 0.25) is 0 Å². The van der Waals surface area contributed by atoms with Gasteiger partial charge in [0, 0.05) is 25.7 Å². The van der Waals surface area contributed by atoms with Gasteiger partial charge in [0.15, 0.2) is 12.2 Å². The van der Waals surface area contributed by atoms with Crippen molar-refractivity contribution in [2.45, 2.75) is 388 Å². The highest BCUT2D eigenvalue weighted by atomic mass is 31.2. The normalized spacial score (nSPS) is 14.2. The minimum absolute atomic E-state index is 0.0849. The van der Waals surface area contributed by atoms with Crippen LogP contribution in [0.25, 0.3) is 0 Å². The molecule has 96 heavy (non-hydrogen) atoms. The van der Waals surface area contributed by atoms with Crippen molar-refractivity contribution in [2.75, 3.05) is 39.6 Å². The predicted octanol–water partition coefficient (Wildman–Crippen LogP) is 22.1. The lowest BCUT2D eigenvalue weighted by Crippen LogP contribution is -2.30. The summed E-state index contributed by atoms with van der Waals surface area (Å²) in [7, 11) is -9.93. The average molecular weight is 1410 g/mol. The second kappa shape index (κ2) is 67.1. The second-order valence-corrected chi connectivity index (χ2v) is 31.4. The number of carbonyl (C=O) groups is 4. The minimum Gasteiger partial charge on any atom is -0.462 e.